The zero-order chi connectivity index (χ0) is 12.7. The average molecular weight is 324 g/mol. The van der Waals surface area contributed by atoms with Crippen LogP contribution in [0.1, 0.15) is 34.3 Å². The predicted molar refractivity (Wildman–Crippen MR) is 74.2 cm³/mol. The Hall–Kier alpha value is -1.20. The Bertz CT molecular complexity index is 619. The van der Waals surface area contributed by atoms with Crippen LogP contribution in [0.5, 0.6) is 0 Å². The molecule has 1 heterocycles. The van der Waals surface area contributed by atoms with Gasteiger partial charge in [-0.05, 0) is 30.5 Å². The summed E-state index contributed by atoms with van der Waals surface area (Å²) >= 11 is 4.91. The second kappa shape index (κ2) is 4.48. The van der Waals surface area contributed by atoms with Crippen LogP contribution in [-0.2, 0) is 0 Å². The highest BCUT2D eigenvalue weighted by molar-refractivity contribution is 9.10. The highest BCUT2D eigenvalue weighted by Gasteiger charge is 2.30. The molecular formula is C13H10BrNO2S. The summed E-state index contributed by atoms with van der Waals surface area (Å²) in [6, 6.07) is 7.67. The number of carboxylic acids is 1. The van der Waals surface area contributed by atoms with E-state index >= 15 is 0 Å². The van der Waals surface area contributed by atoms with Crippen LogP contribution in [0.15, 0.2) is 28.7 Å². The molecule has 0 spiro atoms. The Morgan fingerprint density at radius 3 is 2.83 bits per heavy atom. The fourth-order valence-electron chi connectivity index (χ4n) is 1.81. The number of aromatic nitrogens is 1. The van der Waals surface area contributed by atoms with Gasteiger partial charge in [0.1, 0.15) is 0 Å². The van der Waals surface area contributed by atoms with Crippen LogP contribution in [0.25, 0.3) is 10.4 Å². The van der Waals surface area contributed by atoms with Gasteiger partial charge >= 0.3 is 5.97 Å². The molecule has 2 aromatic rings. The number of aromatic carboxylic acids is 1. The van der Waals surface area contributed by atoms with Gasteiger partial charge in [-0.1, -0.05) is 28.1 Å². The molecule has 3 rings (SSSR count). The lowest BCUT2D eigenvalue weighted by Gasteiger charge is -1.99. The van der Waals surface area contributed by atoms with Crippen LogP contribution in [-0.4, -0.2) is 16.1 Å². The van der Waals surface area contributed by atoms with Gasteiger partial charge in [-0.2, -0.15) is 0 Å². The van der Waals surface area contributed by atoms with Crippen molar-refractivity contribution in [1.29, 1.82) is 0 Å². The van der Waals surface area contributed by atoms with Crippen molar-refractivity contribution >= 4 is 33.2 Å². The molecule has 0 saturated heterocycles. The molecule has 0 radical (unpaired) electrons. The first kappa shape index (κ1) is 11.9. The summed E-state index contributed by atoms with van der Waals surface area (Å²) in [7, 11) is 0. The minimum atomic E-state index is -0.951. The lowest BCUT2D eigenvalue weighted by Crippen LogP contribution is -1.99. The monoisotopic (exact) mass is 323 g/mol. The zero-order valence-corrected chi connectivity index (χ0v) is 11.8. The summed E-state index contributed by atoms with van der Waals surface area (Å²) in [5.41, 5.74) is 1.09. The van der Waals surface area contributed by atoms with Crippen molar-refractivity contribution in [2.24, 2.45) is 0 Å². The predicted octanol–water partition coefficient (Wildman–Crippen LogP) is 4.15. The summed E-state index contributed by atoms with van der Waals surface area (Å²) in [4.78, 5) is 16.3. The van der Waals surface area contributed by atoms with Crippen LogP contribution in [0.4, 0.5) is 0 Å². The van der Waals surface area contributed by atoms with E-state index in [4.69, 9.17) is 0 Å². The first-order valence-corrected chi connectivity index (χ1v) is 7.26. The smallest absolute Gasteiger partial charge is 0.356 e. The van der Waals surface area contributed by atoms with Crippen molar-refractivity contribution < 1.29 is 9.90 Å². The SMILES string of the molecule is O=C(O)c1nc(C2CC2)sc1-c1cccc(Br)c1. The molecule has 5 heteroatoms. The lowest BCUT2D eigenvalue weighted by atomic mass is 10.1. The van der Waals surface area contributed by atoms with E-state index in [1.807, 2.05) is 24.3 Å². The minimum Gasteiger partial charge on any atom is -0.476 e. The molecule has 1 aliphatic rings. The van der Waals surface area contributed by atoms with Gasteiger partial charge in [0.15, 0.2) is 5.69 Å². The summed E-state index contributed by atoms with van der Waals surface area (Å²) in [6.07, 6.45) is 2.26. The van der Waals surface area contributed by atoms with Crippen molar-refractivity contribution in [1.82, 2.24) is 4.98 Å². The molecule has 0 aliphatic heterocycles. The molecule has 1 saturated carbocycles. The number of hydrogen-bond acceptors (Lipinski definition) is 3. The van der Waals surface area contributed by atoms with Gasteiger partial charge < -0.3 is 5.11 Å². The van der Waals surface area contributed by atoms with E-state index in [2.05, 4.69) is 20.9 Å². The molecule has 18 heavy (non-hydrogen) atoms. The molecule has 92 valence electrons. The van der Waals surface area contributed by atoms with Crippen LogP contribution < -0.4 is 0 Å². The Morgan fingerprint density at radius 1 is 1.44 bits per heavy atom. The number of hydrogen-bond donors (Lipinski definition) is 1. The Labute approximate surface area is 117 Å². The summed E-state index contributed by atoms with van der Waals surface area (Å²) in [5, 5.41) is 10.2. The number of nitrogens with zero attached hydrogens (tertiary/aromatic N) is 1. The van der Waals surface area contributed by atoms with Gasteiger partial charge in [-0.3, -0.25) is 0 Å². The van der Waals surface area contributed by atoms with E-state index in [-0.39, 0.29) is 5.69 Å². The van der Waals surface area contributed by atoms with E-state index in [1.165, 1.54) is 11.3 Å². The van der Waals surface area contributed by atoms with Gasteiger partial charge in [0.05, 0.1) is 9.88 Å². The second-order valence-electron chi connectivity index (χ2n) is 4.32. The third-order valence-electron chi connectivity index (χ3n) is 2.86. The van der Waals surface area contributed by atoms with Crippen LogP contribution in [0.3, 0.4) is 0 Å². The molecule has 1 N–H and O–H groups in total. The highest BCUT2D eigenvalue weighted by Crippen LogP contribution is 2.45. The molecule has 0 unspecified atom stereocenters. The summed E-state index contributed by atoms with van der Waals surface area (Å²) in [5.74, 6) is -0.470. The third-order valence-corrected chi connectivity index (χ3v) is 4.62. The van der Waals surface area contributed by atoms with Crippen molar-refractivity contribution in [2.75, 3.05) is 0 Å². The van der Waals surface area contributed by atoms with E-state index in [0.717, 1.165) is 32.8 Å². The Kier molecular flexibility index (Phi) is 2.95. The van der Waals surface area contributed by atoms with Crippen LogP contribution in [0, 0.1) is 0 Å². The summed E-state index contributed by atoms with van der Waals surface area (Å²) in [6.45, 7) is 0. The van der Waals surface area contributed by atoms with Gasteiger partial charge in [0.2, 0.25) is 0 Å². The van der Waals surface area contributed by atoms with E-state index in [9.17, 15) is 9.90 Å². The van der Waals surface area contributed by atoms with E-state index < -0.39 is 5.97 Å². The van der Waals surface area contributed by atoms with E-state index in [1.54, 1.807) is 0 Å². The number of benzene rings is 1. The van der Waals surface area contributed by atoms with E-state index in [0.29, 0.717) is 5.92 Å². The number of carbonyl (C=O) groups is 1. The highest BCUT2D eigenvalue weighted by atomic mass is 79.9. The number of halogens is 1. The Balaban J connectivity index is 2.11. The maximum Gasteiger partial charge on any atom is 0.356 e. The molecule has 1 aliphatic carbocycles. The van der Waals surface area contributed by atoms with Crippen LogP contribution >= 0.6 is 27.3 Å². The topological polar surface area (TPSA) is 50.2 Å². The molecule has 0 atom stereocenters. The van der Waals surface area contributed by atoms with Crippen molar-refractivity contribution in [3.05, 3.63) is 39.4 Å². The second-order valence-corrected chi connectivity index (χ2v) is 6.27. The molecule has 3 nitrogen and oxygen atoms in total. The maximum absolute atomic E-state index is 11.3. The maximum atomic E-state index is 11.3. The zero-order valence-electron chi connectivity index (χ0n) is 9.39. The number of rotatable bonds is 3. The van der Waals surface area contributed by atoms with Crippen molar-refractivity contribution in [3.63, 3.8) is 0 Å². The largest absolute Gasteiger partial charge is 0.476 e. The van der Waals surface area contributed by atoms with Gasteiger partial charge in [0.25, 0.3) is 0 Å². The first-order valence-electron chi connectivity index (χ1n) is 5.65. The fraction of sp³-hybridized carbons (Fsp3) is 0.231. The first-order chi connectivity index (χ1) is 8.65. The number of thiazole rings is 1. The molecule has 0 amide bonds. The van der Waals surface area contributed by atoms with Gasteiger partial charge in [-0.15, -0.1) is 11.3 Å². The number of carboxylic acid groups (broad SMARTS) is 1. The normalized spacial score (nSPS) is 14.7. The van der Waals surface area contributed by atoms with Gasteiger partial charge in [0, 0.05) is 10.4 Å². The fourth-order valence-corrected chi connectivity index (χ4v) is 3.43. The van der Waals surface area contributed by atoms with Crippen LogP contribution in [0.2, 0.25) is 0 Å². The Morgan fingerprint density at radius 2 is 2.22 bits per heavy atom. The molecular weight excluding hydrogens is 314 g/mol. The molecule has 1 aromatic carbocycles. The average Bonchev–Trinajstić information content (AvgIpc) is 3.08. The standard InChI is InChI=1S/C13H10BrNO2S/c14-9-3-1-2-8(6-9)11-10(13(16)17)15-12(18-11)7-4-5-7/h1-3,6-7H,4-5H2,(H,16,17). The third kappa shape index (κ3) is 2.20. The minimum absolute atomic E-state index is 0.181. The molecule has 0 bridgehead atoms. The van der Waals surface area contributed by atoms with Gasteiger partial charge in [-0.25, -0.2) is 9.78 Å². The summed E-state index contributed by atoms with van der Waals surface area (Å²) < 4.78 is 0.942. The lowest BCUT2D eigenvalue weighted by molar-refractivity contribution is 0.0692. The van der Waals surface area contributed by atoms with Crippen molar-refractivity contribution in [2.45, 2.75) is 18.8 Å². The van der Waals surface area contributed by atoms with Crippen molar-refractivity contribution in [3.8, 4) is 10.4 Å². The molecule has 1 aromatic heterocycles. The molecule has 1 fully saturated rings. The quantitative estimate of drug-likeness (QED) is 0.923.